The monoisotopic (exact) mass is 273 g/mol. The van der Waals surface area contributed by atoms with Gasteiger partial charge in [0.15, 0.2) is 0 Å². The standard InChI is InChI=1S/C16H19NOS/c1-11-7-8-16(18-11)12(2)17-15-10-19-9-13-5-3-4-6-14(13)15/h3-8,12,15,17H,9-10H2,1-2H3. The van der Waals surface area contributed by atoms with Gasteiger partial charge in [-0.3, -0.25) is 5.32 Å². The summed E-state index contributed by atoms with van der Waals surface area (Å²) in [5.74, 6) is 4.25. The molecular formula is C16H19NOS. The van der Waals surface area contributed by atoms with E-state index < -0.39 is 0 Å². The van der Waals surface area contributed by atoms with E-state index in [-0.39, 0.29) is 6.04 Å². The zero-order valence-corrected chi connectivity index (χ0v) is 12.2. The summed E-state index contributed by atoms with van der Waals surface area (Å²) < 4.78 is 5.71. The molecule has 1 aromatic carbocycles. The molecule has 1 aliphatic rings. The van der Waals surface area contributed by atoms with Crippen molar-refractivity contribution < 1.29 is 4.42 Å². The van der Waals surface area contributed by atoms with Crippen molar-refractivity contribution in [2.75, 3.05) is 5.75 Å². The fraction of sp³-hybridized carbons (Fsp3) is 0.375. The average Bonchev–Trinajstić information content (AvgIpc) is 2.86. The highest BCUT2D eigenvalue weighted by molar-refractivity contribution is 7.98. The van der Waals surface area contributed by atoms with Crippen LogP contribution in [0.25, 0.3) is 0 Å². The van der Waals surface area contributed by atoms with Gasteiger partial charge in [-0.25, -0.2) is 0 Å². The van der Waals surface area contributed by atoms with Crippen molar-refractivity contribution in [3.8, 4) is 0 Å². The van der Waals surface area contributed by atoms with Gasteiger partial charge in [0.25, 0.3) is 0 Å². The molecule has 0 radical (unpaired) electrons. The number of furan rings is 1. The van der Waals surface area contributed by atoms with E-state index in [1.165, 1.54) is 11.1 Å². The first kappa shape index (κ1) is 12.8. The maximum atomic E-state index is 5.71. The lowest BCUT2D eigenvalue weighted by Gasteiger charge is -2.28. The molecule has 1 aromatic heterocycles. The molecule has 0 saturated carbocycles. The van der Waals surface area contributed by atoms with Crippen molar-refractivity contribution in [2.45, 2.75) is 31.7 Å². The Morgan fingerprint density at radius 3 is 2.89 bits per heavy atom. The Kier molecular flexibility index (Phi) is 3.67. The van der Waals surface area contributed by atoms with Crippen LogP contribution in [0.4, 0.5) is 0 Å². The zero-order chi connectivity index (χ0) is 13.2. The lowest BCUT2D eigenvalue weighted by molar-refractivity contribution is 0.393. The summed E-state index contributed by atoms with van der Waals surface area (Å²) in [6, 6.07) is 13.5. The summed E-state index contributed by atoms with van der Waals surface area (Å²) in [7, 11) is 0. The predicted molar refractivity (Wildman–Crippen MR) is 80.3 cm³/mol. The lowest BCUT2D eigenvalue weighted by atomic mass is 10.0. The normalized spacial score (nSPS) is 20.0. The van der Waals surface area contributed by atoms with Crippen LogP contribution in [0, 0.1) is 6.92 Å². The Morgan fingerprint density at radius 2 is 2.11 bits per heavy atom. The molecule has 0 amide bonds. The van der Waals surface area contributed by atoms with E-state index in [4.69, 9.17) is 4.42 Å². The van der Waals surface area contributed by atoms with E-state index in [1.54, 1.807) is 0 Å². The minimum Gasteiger partial charge on any atom is -0.465 e. The van der Waals surface area contributed by atoms with E-state index in [9.17, 15) is 0 Å². The molecule has 3 heteroatoms. The van der Waals surface area contributed by atoms with E-state index in [1.807, 2.05) is 24.8 Å². The van der Waals surface area contributed by atoms with Crippen LogP contribution in [0.1, 0.15) is 41.7 Å². The molecule has 2 unspecified atom stereocenters. The molecule has 2 nitrogen and oxygen atoms in total. The van der Waals surface area contributed by atoms with Gasteiger partial charge in [-0.2, -0.15) is 11.8 Å². The molecule has 2 aromatic rings. The summed E-state index contributed by atoms with van der Waals surface area (Å²) in [4.78, 5) is 0. The molecule has 1 N–H and O–H groups in total. The molecule has 2 atom stereocenters. The minimum atomic E-state index is 0.241. The zero-order valence-electron chi connectivity index (χ0n) is 11.3. The van der Waals surface area contributed by atoms with Crippen LogP contribution in [0.2, 0.25) is 0 Å². The topological polar surface area (TPSA) is 25.2 Å². The fourth-order valence-corrected chi connectivity index (χ4v) is 3.70. The van der Waals surface area contributed by atoms with Crippen LogP contribution < -0.4 is 5.32 Å². The minimum absolute atomic E-state index is 0.241. The smallest absolute Gasteiger partial charge is 0.120 e. The number of fused-ring (bicyclic) bond motifs is 1. The van der Waals surface area contributed by atoms with Crippen molar-refractivity contribution in [2.24, 2.45) is 0 Å². The Morgan fingerprint density at radius 1 is 1.26 bits per heavy atom. The second-order valence-electron chi connectivity index (χ2n) is 5.10. The van der Waals surface area contributed by atoms with E-state index in [0.29, 0.717) is 6.04 Å². The Labute approximate surface area is 118 Å². The summed E-state index contributed by atoms with van der Waals surface area (Å²) >= 11 is 1.99. The number of nitrogens with one attached hydrogen (secondary N) is 1. The average molecular weight is 273 g/mol. The highest BCUT2D eigenvalue weighted by Gasteiger charge is 2.22. The second kappa shape index (κ2) is 5.43. The van der Waals surface area contributed by atoms with Crippen LogP contribution in [-0.4, -0.2) is 5.75 Å². The Hall–Kier alpha value is -1.19. The lowest BCUT2D eigenvalue weighted by Crippen LogP contribution is -2.28. The Bertz CT molecular complexity index is 563. The number of hydrogen-bond acceptors (Lipinski definition) is 3. The molecule has 19 heavy (non-hydrogen) atoms. The SMILES string of the molecule is Cc1ccc(C(C)NC2CSCc3ccccc32)o1. The molecule has 3 rings (SSSR count). The summed E-state index contributed by atoms with van der Waals surface area (Å²) in [6.07, 6.45) is 0. The first-order valence-electron chi connectivity index (χ1n) is 6.72. The molecule has 0 fully saturated rings. The third-order valence-corrected chi connectivity index (χ3v) is 4.70. The molecule has 1 aliphatic heterocycles. The quantitative estimate of drug-likeness (QED) is 0.906. The predicted octanol–water partition coefficient (Wildman–Crippen LogP) is 4.23. The number of rotatable bonds is 3. The molecule has 2 heterocycles. The first-order chi connectivity index (χ1) is 9.24. The van der Waals surface area contributed by atoms with Crippen LogP contribution in [0.5, 0.6) is 0 Å². The van der Waals surface area contributed by atoms with Crippen molar-refractivity contribution in [1.29, 1.82) is 0 Å². The number of thioether (sulfide) groups is 1. The maximum absolute atomic E-state index is 5.71. The maximum Gasteiger partial charge on any atom is 0.120 e. The molecule has 100 valence electrons. The fourth-order valence-electron chi connectivity index (χ4n) is 2.59. The molecular weight excluding hydrogens is 254 g/mol. The second-order valence-corrected chi connectivity index (χ2v) is 6.13. The van der Waals surface area contributed by atoms with Gasteiger partial charge in [0.1, 0.15) is 11.5 Å². The van der Waals surface area contributed by atoms with E-state index in [0.717, 1.165) is 23.0 Å². The van der Waals surface area contributed by atoms with Gasteiger partial charge in [-0.1, -0.05) is 24.3 Å². The summed E-state index contributed by atoms with van der Waals surface area (Å²) in [5, 5.41) is 3.69. The van der Waals surface area contributed by atoms with Gasteiger partial charge < -0.3 is 4.42 Å². The van der Waals surface area contributed by atoms with Crippen molar-refractivity contribution in [3.63, 3.8) is 0 Å². The highest BCUT2D eigenvalue weighted by Crippen LogP contribution is 2.33. The number of aryl methyl sites for hydroxylation is 1. The van der Waals surface area contributed by atoms with Gasteiger partial charge in [0.2, 0.25) is 0 Å². The van der Waals surface area contributed by atoms with Gasteiger partial charge in [-0.05, 0) is 37.1 Å². The molecule has 0 saturated heterocycles. The van der Waals surface area contributed by atoms with Crippen LogP contribution in [-0.2, 0) is 5.75 Å². The molecule has 0 aliphatic carbocycles. The van der Waals surface area contributed by atoms with Gasteiger partial charge >= 0.3 is 0 Å². The van der Waals surface area contributed by atoms with E-state index >= 15 is 0 Å². The van der Waals surface area contributed by atoms with Crippen molar-refractivity contribution in [1.82, 2.24) is 5.32 Å². The van der Waals surface area contributed by atoms with Crippen LogP contribution >= 0.6 is 11.8 Å². The summed E-state index contributed by atoms with van der Waals surface area (Å²) in [6.45, 7) is 4.15. The molecule has 0 bridgehead atoms. The van der Waals surface area contributed by atoms with Crippen molar-refractivity contribution in [3.05, 3.63) is 59.0 Å². The van der Waals surface area contributed by atoms with Gasteiger partial charge in [0.05, 0.1) is 6.04 Å². The van der Waals surface area contributed by atoms with Gasteiger partial charge in [-0.15, -0.1) is 0 Å². The van der Waals surface area contributed by atoms with Crippen molar-refractivity contribution >= 4 is 11.8 Å². The van der Waals surface area contributed by atoms with E-state index in [2.05, 4.69) is 42.6 Å². The summed E-state index contributed by atoms with van der Waals surface area (Å²) in [5.41, 5.74) is 2.90. The number of benzene rings is 1. The highest BCUT2D eigenvalue weighted by atomic mass is 32.2. The third-order valence-electron chi connectivity index (χ3n) is 3.61. The first-order valence-corrected chi connectivity index (χ1v) is 7.87. The third kappa shape index (κ3) is 2.72. The van der Waals surface area contributed by atoms with Crippen LogP contribution in [0.3, 0.4) is 0 Å². The van der Waals surface area contributed by atoms with Gasteiger partial charge in [0, 0.05) is 17.5 Å². The largest absolute Gasteiger partial charge is 0.465 e. The number of hydrogen-bond donors (Lipinski definition) is 1. The van der Waals surface area contributed by atoms with Crippen LogP contribution in [0.15, 0.2) is 40.8 Å². The Balaban J connectivity index is 1.77. The molecule has 0 spiro atoms.